The number of pyridine rings is 2. The van der Waals surface area contributed by atoms with Gasteiger partial charge in [0, 0.05) is 40.0 Å². The Morgan fingerprint density at radius 2 is 2.00 bits per heavy atom. The second kappa shape index (κ2) is 9.36. The third-order valence-electron chi connectivity index (χ3n) is 7.68. The molecule has 0 amide bonds. The summed E-state index contributed by atoms with van der Waals surface area (Å²) in [5.41, 5.74) is 5.45. The van der Waals surface area contributed by atoms with E-state index in [1.165, 1.54) is 22.0 Å². The molecule has 2 N–H and O–H groups in total. The third-order valence-corrected chi connectivity index (χ3v) is 8.71. The van der Waals surface area contributed by atoms with Gasteiger partial charge in [-0.2, -0.15) is 0 Å². The molecule has 1 aliphatic carbocycles. The summed E-state index contributed by atoms with van der Waals surface area (Å²) in [7, 11) is 0. The Morgan fingerprint density at radius 1 is 1.15 bits per heavy atom. The average molecular weight is 550 g/mol. The summed E-state index contributed by atoms with van der Waals surface area (Å²) in [5, 5.41) is 13.9. The van der Waals surface area contributed by atoms with Crippen molar-refractivity contribution in [1.82, 2.24) is 14.5 Å². The van der Waals surface area contributed by atoms with Gasteiger partial charge in [-0.25, -0.2) is 9.37 Å². The first-order chi connectivity index (χ1) is 19.4. The number of aliphatic hydroxyl groups is 1. The molecular formula is C32H24FN3O3S. The number of ketones is 1. The number of fused-ring (bicyclic) bond motifs is 2. The molecule has 40 heavy (non-hydrogen) atoms. The molecule has 0 radical (unpaired) electrons. The molecule has 1 saturated carbocycles. The van der Waals surface area contributed by atoms with Gasteiger partial charge < -0.3 is 10.1 Å². The Balaban J connectivity index is 1.37. The maximum atomic E-state index is 15.2. The highest BCUT2D eigenvalue weighted by Gasteiger charge is 2.25. The molecule has 0 atom stereocenters. The summed E-state index contributed by atoms with van der Waals surface area (Å²) in [6.45, 7) is 1.22. The number of aromatic nitrogens is 3. The zero-order valence-electron chi connectivity index (χ0n) is 21.6. The van der Waals surface area contributed by atoms with Gasteiger partial charge in [-0.1, -0.05) is 18.2 Å². The lowest BCUT2D eigenvalue weighted by Crippen LogP contribution is -2.20. The van der Waals surface area contributed by atoms with Crippen LogP contribution in [0.5, 0.6) is 0 Å². The number of carbonyl (C=O) groups excluding carboxylic acids is 1. The first kappa shape index (κ1) is 24.6. The van der Waals surface area contributed by atoms with Gasteiger partial charge >= 0.3 is 0 Å². The lowest BCUT2D eigenvalue weighted by molar-refractivity contribution is 0.102. The summed E-state index contributed by atoms with van der Waals surface area (Å²) >= 11 is 1.39. The molecular weight excluding hydrogens is 525 g/mol. The van der Waals surface area contributed by atoms with Crippen molar-refractivity contribution >= 4 is 38.9 Å². The predicted molar refractivity (Wildman–Crippen MR) is 156 cm³/mol. The third kappa shape index (κ3) is 3.99. The fourth-order valence-electron chi connectivity index (χ4n) is 5.49. The molecule has 4 heterocycles. The van der Waals surface area contributed by atoms with Gasteiger partial charge in [-0.05, 0) is 84.2 Å². The van der Waals surface area contributed by atoms with Crippen LogP contribution in [0.3, 0.4) is 0 Å². The minimum atomic E-state index is -0.516. The van der Waals surface area contributed by atoms with E-state index in [0.717, 1.165) is 46.2 Å². The molecule has 4 aromatic heterocycles. The number of halogens is 1. The van der Waals surface area contributed by atoms with Gasteiger partial charge in [0.05, 0.1) is 22.6 Å². The van der Waals surface area contributed by atoms with Gasteiger partial charge in [0.2, 0.25) is 0 Å². The second-order valence-corrected chi connectivity index (χ2v) is 11.2. The maximum absolute atomic E-state index is 15.2. The Bertz CT molecular complexity index is 2030. The van der Waals surface area contributed by atoms with Crippen LogP contribution in [0.25, 0.3) is 49.9 Å². The van der Waals surface area contributed by atoms with Crippen molar-refractivity contribution < 1.29 is 14.3 Å². The van der Waals surface area contributed by atoms with Gasteiger partial charge in [0.1, 0.15) is 11.5 Å². The molecule has 0 bridgehead atoms. The molecule has 1 aliphatic rings. The number of thiophene rings is 1. The summed E-state index contributed by atoms with van der Waals surface area (Å²) in [6.07, 6.45) is 5.44. The number of benzene rings is 2. The highest BCUT2D eigenvalue weighted by molar-refractivity contribution is 7.12. The number of H-pyrrole nitrogens is 1. The highest BCUT2D eigenvalue weighted by atomic mass is 32.1. The second-order valence-electron chi connectivity index (χ2n) is 10.3. The zero-order valence-corrected chi connectivity index (χ0v) is 22.4. The Kier molecular flexibility index (Phi) is 5.76. The number of rotatable bonds is 6. The Labute approximate surface area is 232 Å². The quantitative estimate of drug-likeness (QED) is 0.220. The largest absolute Gasteiger partial charge is 0.392 e. The van der Waals surface area contributed by atoms with Crippen LogP contribution in [-0.2, 0) is 6.61 Å². The van der Waals surface area contributed by atoms with Crippen molar-refractivity contribution in [2.75, 3.05) is 0 Å². The van der Waals surface area contributed by atoms with Crippen LogP contribution >= 0.6 is 11.3 Å². The molecule has 0 unspecified atom stereocenters. The number of nitrogens with one attached hydrogen (secondary N) is 1. The minimum Gasteiger partial charge on any atom is -0.392 e. The highest BCUT2D eigenvalue weighted by Crippen LogP contribution is 2.41. The molecule has 198 valence electrons. The molecule has 6 aromatic rings. The lowest BCUT2D eigenvalue weighted by Gasteiger charge is -2.16. The van der Waals surface area contributed by atoms with Crippen LogP contribution in [-0.4, -0.2) is 25.4 Å². The van der Waals surface area contributed by atoms with E-state index in [1.54, 1.807) is 31.5 Å². The molecule has 0 aliphatic heterocycles. The molecule has 0 spiro atoms. The van der Waals surface area contributed by atoms with Crippen LogP contribution < -0.4 is 5.56 Å². The average Bonchev–Trinajstić information content (AvgIpc) is 3.51. The molecule has 6 nitrogen and oxygen atoms in total. The number of carbonyl (C=O) groups is 1. The standard InChI is InChI=1S/C32H24FN3O3S/c1-17(38)29-13-21(16-40-29)27-14-24-23(7-9-34-31(24)35-27)22-3-2-4-28(25(22)15-37)36-10-8-19-11-20(18-5-6-18)12-26(33)30(19)32(36)39/h2-4,7-14,16,18,37H,5-6,15H2,1H3,(H,34,35). The normalized spacial score (nSPS) is 13.4. The van der Waals surface area contributed by atoms with Crippen molar-refractivity contribution in [3.63, 3.8) is 0 Å². The first-order valence-electron chi connectivity index (χ1n) is 13.1. The number of hydrogen-bond donors (Lipinski definition) is 2. The number of aliphatic hydroxyl groups excluding tert-OH is 1. The van der Waals surface area contributed by atoms with Crippen molar-refractivity contribution in [1.29, 1.82) is 0 Å². The van der Waals surface area contributed by atoms with Gasteiger partial charge in [0.25, 0.3) is 5.56 Å². The molecule has 2 aromatic carbocycles. The van der Waals surface area contributed by atoms with Gasteiger partial charge in [0.15, 0.2) is 5.78 Å². The molecule has 8 heteroatoms. The SMILES string of the molecule is CC(=O)c1cc(-c2cc3c(-c4cccc(-n5ccc6cc(C7CC7)cc(F)c6c5=O)c4CO)ccnc3[nH]2)cs1. The monoisotopic (exact) mass is 549 g/mol. The smallest absolute Gasteiger partial charge is 0.265 e. The van der Waals surface area contributed by atoms with E-state index >= 15 is 4.39 Å². The topological polar surface area (TPSA) is 88.0 Å². The predicted octanol–water partition coefficient (Wildman–Crippen LogP) is 6.97. The summed E-state index contributed by atoms with van der Waals surface area (Å²) in [6, 6.07) is 16.3. The van der Waals surface area contributed by atoms with E-state index in [9.17, 15) is 14.7 Å². The van der Waals surface area contributed by atoms with Crippen LogP contribution in [0.15, 0.2) is 77.2 Å². The number of Topliss-reactive ketones (excluding diaryl/α,β-unsaturated/α-hetero) is 1. The summed E-state index contributed by atoms with van der Waals surface area (Å²) in [5.74, 6) is -0.124. The van der Waals surface area contributed by atoms with Crippen molar-refractivity contribution in [2.24, 2.45) is 0 Å². The van der Waals surface area contributed by atoms with E-state index in [1.807, 2.05) is 41.8 Å². The first-order valence-corrected chi connectivity index (χ1v) is 14.0. The summed E-state index contributed by atoms with van der Waals surface area (Å²) < 4.78 is 16.6. The molecule has 0 saturated heterocycles. The van der Waals surface area contributed by atoms with E-state index < -0.39 is 11.4 Å². The van der Waals surface area contributed by atoms with E-state index in [-0.39, 0.29) is 17.8 Å². The van der Waals surface area contributed by atoms with Crippen molar-refractivity contribution in [3.05, 3.63) is 105 Å². The lowest BCUT2D eigenvalue weighted by atomic mass is 9.96. The van der Waals surface area contributed by atoms with Gasteiger partial charge in [-0.15, -0.1) is 11.3 Å². The van der Waals surface area contributed by atoms with Crippen molar-refractivity contribution in [2.45, 2.75) is 32.3 Å². The summed E-state index contributed by atoms with van der Waals surface area (Å²) in [4.78, 5) is 33.9. The van der Waals surface area contributed by atoms with E-state index in [4.69, 9.17) is 0 Å². The van der Waals surface area contributed by atoms with Crippen LogP contribution in [0.2, 0.25) is 0 Å². The van der Waals surface area contributed by atoms with E-state index in [0.29, 0.717) is 33.1 Å². The van der Waals surface area contributed by atoms with Crippen LogP contribution in [0.1, 0.15) is 46.5 Å². The number of nitrogens with zero attached hydrogens (tertiary/aromatic N) is 2. The Morgan fingerprint density at radius 3 is 2.75 bits per heavy atom. The number of aromatic amines is 1. The van der Waals surface area contributed by atoms with E-state index in [2.05, 4.69) is 9.97 Å². The maximum Gasteiger partial charge on any atom is 0.265 e. The molecule has 7 rings (SSSR count). The van der Waals surface area contributed by atoms with Gasteiger partial charge in [-0.3, -0.25) is 14.2 Å². The fourth-order valence-corrected chi connectivity index (χ4v) is 6.30. The molecule has 1 fully saturated rings. The van der Waals surface area contributed by atoms with Crippen molar-refractivity contribution in [3.8, 4) is 28.1 Å². The fraction of sp³-hybridized carbons (Fsp3) is 0.156. The zero-order chi connectivity index (χ0) is 27.5. The van der Waals surface area contributed by atoms with Crippen LogP contribution in [0.4, 0.5) is 4.39 Å². The number of hydrogen-bond acceptors (Lipinski definition) is 5. The minimum absolute atomic E-state index is 0.0164. The Hall–Kier alpha value is -4.40. The van der Waals surface area contributed by atoms with Crippen LogP contribution in [0, 0.1) is 5.82 Å².